The van der Waals surface area contributed by atoms with Gasteiger partial charge in [0.2, 0.25) is 0 Å². The van der Waals surface area contributed by atoms with Crippen molar-refractivity contribution in [3.05, 3.63) is 76.7 Å². The number of ether oxygens (including phenoxy) is 4. The summed E-state index contributed by atoms with van der Waals surface area (Å²) in [5, 5.41) is 3.34. The van der Waals surface area contributed by atoms with Crippen LogP contribution < -0.4 is 0 Å². The summed E-state index contributed by atoms with van der Waals surface area (Å²) in [6.07, 6.45) is -0.344. The topological polar surface area (TPSA) is 66.3 Å². The molecule has 1 saturated carbocycles. The van der Waals surface area contributed by atoms with Crippen LogP contribution >= 0.6 is 0 Å². The lowest BCUT2D eigenvalue weighted by Crippen LogP contribution is -2.44. The Bertz CT molecular complexity index is 771. The van der Waals surface area contributed by atoms with Gasteiger partial charge in [-0.1, -0.05) is 65.8 Å². The van der Waals surface area contributed by atoms with Crippen molar-refractivity contribution in [2.24, 2.45) is 11.1 Å². The lowest BCUT2D eigenvalue weighted by molar-refractivity contribution is -0.211. The fourth-order valence-electron chi connectivity index (χ4n) is 4.33. The second-order valence-electron chi connectivity index (χ2n) is 7.44. The Kier molecular flexibility index (Phi) is 5.82. The van der Waals surface area contributed by atoms with Crippen molar-refractivity contribution >= 4 is 0 Å². The van der Waals surface area contributed by atoms with Crippen molar-refractivity contribution in [2.75, 3.05) is 13.7 Å². The lowest BCUT2D eigenvalue weighted by atomic mass is 10.00. The standard InChI is InChI=1S/C22H25NO5/c1-25-21-19-18(23-24)12-22(28-21,15-26-13-16-8-4-2-5-9-16)20(19)27-14-17-10-6-3-7-11-17/h2-11,18-21H,12-15H2,1H3/t18-,19-,20+,21-,22-/m1/s1. The highest BCUT2D eigenvalue weighted by molar-refractivity contribution is 5.17. The molecule has 0 N–H and O–H groups in total. The summed E-state index contributed by atoms with van der Waals surface area (Å²) in [6, 6.07) is 19.5. The SMILES string of the molecule is CO[C@@H]1O[C@@]2(COCc3ccccc3)C[C@@H](N=O)[C@@H]1[C@@H]2OCc1ccccc1. The molecule has 1 aliphatic carbocycles. The molecule has 2 aliphatic rings. The molecule has 1 aliphatic heterocycles. The third-order valence-corrected chi connectivity index (χ3v) is 5.63. The maximum absolute atomic E-state index is 11.5. The first-order chi connectivity index (χ1) is 13.8. The number of nitrogens with zero attached hydrogens (tertiary/aromatic N) is 1. The predicted molar refractivity (Wildman–Crippen MR) is 103 cm³/mol. The summed E-state index contributed by atoms with van der Waals surface area (Å²) >= 11 is 0. The van der Waals surface area contributed by atoms with Gasteiger partial charge in [-0.25, -0.2) is 0 Å². The number of nitroso groups, excluding NO2 is 1. The molecule has 1 heterocycles. The Morgan fingerprint density at radius 3 is 2.29 bits per heavy atom. The molecule has 4 rings (SSSR count). The van der Waals surface area contributed by atoms with Gasteiger partial charge in [-0.2, -0.15) is 4.91 Å². The van der Waals surface area contributed by atoms with E-state index >= 15 is 0 Å². The van der Waals surface area contributed by atoms with Crippen LogP contribution in [0.2, 0.25) is 0 Å². The van der Waals surface area contributed by atoms with Gasteiger partial charge in [-0.3, -0.25) is 0 Å². The van der Waals surface area contributed by atoms with E-state index in [9.17, 15) is 4.91 Å². The fraction of sp³-hybridized carbons (Fsp3) is 0.455. The van der Waals surface area contributed by atoms with Crippen LogP contribution in [0.5, 0.6) is 0 Å². The third-order valence-electron chi connectivity index (χ3n) is 5.63. The van der Waals surface area contributed by atoms with Crippen molar-refractivity contribution in [1.82, 2.24) is 0 Å². The summed E-state index contributed by atoms with van der Waals surface area (Å²) in [6.45, 7) is 1.23. The molecule has 0 unspecified atom stereocenters. The number of rotatable bonds is 9. The van der Waals surface area contributed by atoms with Crippen LogP contribution in [-0.2, 0) is 32.2 Å². The molecule has 28 heavy (non-hydrogen) atoms. The zero-order chi connectivity index (χ0) is 19.4. The van der Waals surface area contributed by atoms with Crippen molar-refractivity contribution in [1.29, 1.82) is 0 Å². The van der Waals surface area contributed by atoms with E-state index < -0.39 is 17.9 Å². The molecular formula is C22H25NO5. The molecule has 0 amide bonds. The van der Waals surface area contributed by atoms with E-state index in [0.29, 0.717) is 26.2 Å². The van der Waals surface area contributed by atoms with Crippen molar-refractivity contribution in [3.8, 4) is 0 Å². The molecule has 0 spiro atoms. The maximum atomic E-state index is 11.5. The summed E-state index contributed by atoms with van der Waals surface area (Å²) in [5.41, 5.74) is 1.42. The third kappa shape index (κ3) is 3.73. The van der Waals surface area contributed by atoms with Gasteiger partial charge in [0.15, 0.2) is 6.29 Å². The molecule has 2 bridgehead atoms. The minimum Gasteiger partial charge on any atom is -0.374 e. The maximum Gasteiger partial charge on any atom is 0.165 e. The quantitative estimate of drug-likeness (QED) is 0.618. The van der Waals surface area contributed by atoms with Crippen LogP contribution in [0.25, 0.3) is 0 Å². The van der Waals surface area contributed by atoms with Crippen LogP contribution in [-0.4, -0.2) is 37.8 Å². The monoisotopic (exact) mass is 383 g/mol. The van der Waals surface area contributed by atoms with Gasteiger partial charge in [0.1, 0.15) is 11.6 Å². The summed E-state index contributed by atoms with van der Waals surface area (Å²) in [5.74, 6) is -0.230. The fourth-order valence-corrected chi connectivity index (χ4v) is 4.33. The van der Waals surface area contributed by atoms with Crippen LogP contribution in [0.1, 0.15) is 17.5 Å². The Balaban J connectivity index is 1.48. The van der Waals surface area contributed by atoms with E-state index in [1.165, 1.54) is 0 Å². The van der Waals surface area contributed by atoms with Crippen LogP contribution in [0.15, 0.2) is 65.8 Å². The van der Waals surface area contributed by atoms with Crippen LogP contribution in [0, 0.1) is 10.8 Å². The van der Waals surface area contributed by atoms with Crippen LogP contribution in [0.3, 0.4) is 0 Å². The van der Waals surface area contributed by atoms with Crippen LogP contribution in [0.4, 0.5) is 0 Å². The van der Waals surface area contributed by atoms with Gasteiger partial charge in [0, 0.05) is 13.5 Å². The lowest BCUT2D eigenvalue weighted by Gasteiger charge is -2.32. The first-order valence-corrected chi connectivity index (χ1v) is 9.56. The highest BCUT2D eigenvalue weighted by atomic mass is 16.7. The Morgan fingerprint density at radius 1 is 1.04 bits per heavy atom. The van der Waals surface area contributed by atoms with Crippen molar-refractivity contribution < 1.29 is 18.9 Å². The van der Waals surface area contributed by atoms with Gasteiger partial charge in [-0.15, -0.1) is 0 Å². The number of methoxy groups -OCH3 is 1. The highest BCUT2D eigenvalue weighted by Gasteiger charge is 2.66. The molecule has 2 fully saturated rings. The first kappa shape index (κ1) is 19.2. The summed E-state index contributed by atoms with van der Waals surface area (Å²) in [4.78, 5) is 11.5. The minimum atomic E-state index is -0.729. The number of fused-ring (bicyclic) bond motifs is 2. The molecule has 1 saturated heterocycles. The van der Waals surface area contributed by atoms with Crippen molar-refractivity contribution in [3.63, 3.8) is 0 Å². The smallest absolute Gasteiger partial charge is 0.165 e. The number of benzene rings is 2. The number of hydrogen-bond donors (Lipinski definition) is 0. The van der Waals surface area contributed by atoms with Gasteiger partial charge in [-0.05, 0) is 11.1 Å². The zero-order valence-corrected chi connectivity index (χ0v) is 15.9. The van der Waals surface area contributed by atoms with E-state index in [-0.39, 0.29) is 12.0 Å². The average Bonchev–Trinajstić information content (AvgIpc) is 3.22. The van der Waals surface area contributed by atoms with Crippen molar-refractivity contribution in [2.45, 2.75) is 43.7 Å². The van der Waals surface area contributed by atoms with Gasteiger partial charge >= 0.3 is 0 Å². The molecule has 2 aromatic carbocycles. The molecule has 6 heteroatoms. The molecule has 0 aromatic heterocycles. The minimum absolute atomic E-state index is 0.230. The van der Waals surface area contributed by atoms with E-state index in [1.807, 2.05) is 60.7 Å². The first-order valence-electron chi connectivity index (χ1n) is 9.56. The second-order valence-corrected chi connectivity index (χ2v) is 7.44. The Hall–Kier alpha value is -2.12. The highest BCUT2D eigenvalue weighted by Crippen LogP contribution is 2.51. The van der Waals surface area contributed by atoms with E-state index in [1.54, 1.807) is 7.11 Å². The van der Waals surface area contributed by atoms with Gasteiger partial charge in [0.25, 0.3) is 0 Å². The van der Waals surface area contributed by atoms with E-state index in [4.69, 9.17) is 18.9 Å². The Labute approximate surface area is 164 Å². The second kappa shape index (κ2) is 8.49. The van der Waals surface area contributed by atoms with E-state index in [0.717, 1.165) is 11.1 Å². The number of hydrogen-bond acceptors (Lipinski definition) is 6. The summed E-state index contributed by atoms with van der Waals surface area (Å²) in [7, 11) is 1.58. The predicted octanol–water partition coefficient (Wildman–Crippen LogP) is 3.69. The normalized spacial score (nSPS) is 31.2. The molecule has 6 nitrogen and oxygen atoms in total. The van der Waals surface area contributed by atoms with Gasteiger partial charge < -0.3 is 18.9 Å². The van der Waals surface area contributed by atoms with Gasteiger partial charge in [0.05, 0.1) is 31.8 Å². The molecule has 2 aromatic rings. The zero-order valence-electron chi connectivity index (χ0n) is 15.9. The molecular weight excluding hydrogens is 358 g/mol. The molecule has 5 atom stereocenters. The Morgan fingerprint density at radius 2 is 1.68 bits per heavy atom. The van der Waals surface area contributed by atoms with E-state index in [2.05, 4.69) is 5.18 Å². The average molecular weight is 383 g/mol. The molecule has 148 valence electrons. The largest absolute Gasteiger partial charge is 0.374 e. The molecule has 0 radical (unpaired) electrons. The summed E-state index contributed by atoms with van der Waals surface area (Å²) < 4.78 is 23.9.